The van der Waals surface area contributed by atoms with Gasteiger partial charge in [0.1, 0.15) is 5.82 Å². The number of hydrogen-bond donors (Lipinski definition) is 1. The van der Waals surface area contributed by atoms with Gasteiger partial charge in [0.05, 0.1) is 0 Å². The van der Waals surface area contributed by atoms with E-state index in [9.17, 15) is 9.18 Å². The van der Waals surface area contributed by atoms with E-state index in [2.05, 4.69) is 25.2 Å². The molecule has 5 unspecified atom stereocenters. The van der Waals surface area contributed by atoms with Crippen LogP contribution in [0.25, 0.3) is 5.57 Å². The summed E-state index contributed by atoms with van der Waals surface area (Å²) < 4.78 is 14.1. The van der Waals surface area contributed by atoms with Crippen molar-refractivity contribution in [3.63, 3.8) is 0 Å². The molecule has 0 aliphatic heterocycles. The number of carbonyl (C=O) groups excluding carboxylic acids is 1. The summed E-state index contributed by atoms with van der Waals surface area (Å²) in [5.41, 5.74) is 5.90. The van der Waals surface area contributed by atoms with Crippen molar-refractivity contribution in [3.8, 4) is 0 Å². The van der Waals surface area contributed by atoms with Gasteiger partial charge >= 0.3 is 0 Å². The van der Waals surface area contributed by atoms with Gasteiger partial charge in [-0.1, -0.05) is 36.8 Å². The van der Waals surface area contributed by atoms with Crippen molar-refractivity contribution in [3.05, 3.63) is 71.0 Å². The van der Waals surface area contributed by atoms with Gasteiger partial charge < -0.3 is 5.32 Å². The van der Waals surface area contributed by atoms with Crippen LogP contribution in [-0.2, 0) is 11.2 Å². The van der Waals surface area contributed by atoms with Crippen molar-refractivity contribution in [2.24, 2.45) is 29.6 Å². The molecule has 3 aliphatic rings. The van der Waals surface area contributed by atoms with Crippen LogP contribution in [-0.4, -0.2) is 5.91 Å². The number of aryl methyl sites for hydroxylation is 1. The second-order valence-corrected chi connectivity index (χ2v) is 10.1. The molecule has 2 nitrogen and oxygen atoms in total. The van der Waals surface area contributed by atoms with Crippen LogP contribution in [0, 0.1) is 42.3 Å². The summed E-state index contributed by atoms with van der Waals surface area (Å²) >= 11 is 0. The number of hydrogen-bond acceptors (Lipinski definition) is 1. The summed E-state index contributed by atoms with van der Waals surface area (Å²) in [6.45, 7) is 4.32. The molecule has 2 aromatic rings. The number of nitrogens with one attached hydrogen (secondary N) is 1. The lowest BCUT2D eigenvalue weighted by Gasteiger charge is -2.45. The van der Waals surface area contributed by atoms with Gasteiger partial charge in [0.2, 0.25) is 5.91 Å². The molecule has 3 heteroatoms. The number of carbonyl (C=O) groups is 1. The molecule has 0 heterocycles. The van der Waals surface area contributed by atoms with E-state index in [-0.39, 0.29) is 19.1 Å². The van der Waals surface area contributed by atoms with Crippen LogP contribution in [0.4, 0.5) is 10.1 Å². The molecule has 1 N–H and O–H groups in total. The zero-order valence-corrected chi connectivity index (χ0v) is 18.5. The van der Waals surface area contributed by atoms with Gasteiger partial charge in [-0.05, 0) is 110 Å². The molecule has 0 spiro atoms. The van der Waals surface area contributed by atoms with E-state index in [0.29, 0.717) is 23.7 Å². The van der Waals surface area contributed by atoms with Gasteiger partial charge in [0, 0.05) is 13.0 Å². The highest BCUT2D eigenvalue weighted by atomic mass is 19.1. The average Bonchev–Trinajstić information content (AvgIpc) is 2.75. The third-order valence-corrected chi connectivity index (χ3v) is 7.88. The first-order chi connectivity index (χ1) is 15.0. The zero-order chi connectivity index (χ0) is 21.5. The largest absolute Gasteiger partial charge is 0.326 e. The Balaban J connectivity index is 0.00000245. The fourth-order valence-electron chi connectivity index (χ4n) is 6.36. The zero-order valence-electron chi connectivity index (χ0n) is 18.5. The molecule has 164 valence electrons. The summed E-state index contributed by atoms with van der Waals surface area (Å²) in [5.74, 6) is 2.24. The molecule has 5 rings (SSSR count). The van der Waals surface area contributed by atoms with Crippen LogP contribution in [0.5, 0.6) is 0 Å². The van der Waals surface area contributed by atoms with Crippen molar-refractivity contribution in [2.45, 2.75) is 52.4 Å². The van der Waals surface area contributed by atoms with Gasteiger partial charge in [0.25, 0.3) is 0 Å². The van der Waals surface area contributed by atoms with Crippen LogP contribution in [0.3, 0.4) is 0 Å². The maximum Gasteiger partial charge on any atom is 0.227 e. The summed E-state index contributed by atoms with van der Waals surface area (Å²) in [6.07, 6.45) is 8.77. The topological polar surface area (TPSA) is 29.1 Å². The lowest BCUT2D eigenvalue weighted by molar-refractivity contribution is -0.124. The Morgan fingerprint density at radius 2 is 1.81 bits per heavy atom. The number of anilines is 1. The molecule has 5 atom stereocenters. The predicted octanol–water partition coefficient (Wildman–Crippen LogP) is 7.04. The fraction of sp³-hybridized carbons (Fsp3) is 0.464. The van der Waals surface area contributed by atoms with E-state index in [1.165, 1.54) is 16.7 Å². The van der Waals surface area contributed by atoms with Crippen molar-refractivity contribution >= 4 is 17.2 Å². The average molecular weight is 420 g/mol. The van der Waals surface area contributed by atoms with Crippen LogP contribution in [0.1, 0.15) is 57.1 Å². The molecule has 3 aliphatic carbocycles. The number of rotatable bonds is 3. The van der Waals surface area contributed by atoms with E-state index in [1.807, 2.05) is 30.3 Å². The molecule has 2 aromatic carbocycles. The maximum absolute atomic E-state index is 14.1. The van der Waals surface area contributed by atoms with Crippen molar-refractivity contribution in [1.29, 1.82) is 0 Å². The Bertz CT molecular complexity index is 1010. The standard InChI is InChI=1S/C28H32FNO.H2/c1-17-3-9-23(10-4-17)30-28(31)25-12-7-20-15-21(25)6-11-24(20)27-14-18(2)13-19-5-8-22(29)16-26(19)27;/h3-5,8-10,14,16,18,20-21,24-25H,6-7,11-13,15H2,1-2H3,(H,30,31);1H. The quantitative estimate of drug-likeness (QED) is 0.568. The molecule has 2 saturated carbocycles. The summed E-state index contributed by atoms with van der Waals surface area (Å²) in [4.78, 5) is 13.0. The lowest BCUT2D eigenvalue weighted by atomic mass is 9.59. The highest BCUT2D eigenvalue weighted by Gasteiger charge is 2.43. The molecule has 2 bridgehead atoms. The van der Waals surface area contributed by atoms with Gasteiger partial charge in [-0.15, -0.1) is 0 Å². The number of benzene rings is 2. The van der Waals surface area contributed by atoms with Gasteiger partial charge in [-0.2, -0.15) is 0 Å². The fourth-order valence-corrected chi connectivity index (χ4v) is 6.36. The monoisotopic (exact) mass is 419 g/mol. The minimum atomic E-state index is -0.135. The highest BCUT2D eigenvalue weighted by Crippen LogP contribution is 2.51. The lowest BCUT2D eigenvalue weighted by Crippen LogP contribution is -2.40. The first kappa shape index (κ1) is 20.5. The van der Waals surface area contributed by atoms with Crippen LogP contribution in [0.2, 0.25) is 0 Å². The second-order valence-electron chi connectivity index (χ2n) is 10.1. The van der Waals surface area contributed by atoms with Gasteiger partial charge in [-0.25, -0.2) is 4.39 Å². The minimum absolute atomic E-state index is 0. The Kier molecular flexibility index (Phi) is 5.45. The van der Waals surface area contributed by atoms with E-state index in [4.69, 9.17) is 0 Å². The SMILES string of the molecule is Cc1ccc(NC(=O)C2CCC3CC2CCC3C2=CC(C)Cc3ccc(F)cc32)cc1.[HH]. The Hall–Kier alpha value is -2.42. The third kappa shape index (κ3) is 4.07. The molecule has 31 heavy (non-hydrogen) atoms. The van der Waals surface area contributed by atoms with E-state index in [1.54, 1.807) is 12.1 Å². The van der Waals surface area contributed by atoms with Crippen molar-refractivity contribution < 1.29 is 10.6 Å². The van der Waals surface area contributed by atoms with Crippen LogP contribution >= 0.6 is 0 Å². The molecular weight excluding hydrogens is 385 g/mol. The molecule has 2 fully saturated rings. The maximum atomic E-state index is 14.1. The van der Waals surface area contributed by atoms with E-state index < -0.39 is 0 Å². The second kappa shape index (κ2) is 8.26. The van der Waals surface area contributed by atoms with Crippen molar-refractivity contribution in [2.75, 3.05) is 5.32 Å². The van der Waals surface area contributed by atoms with E-state index in [0.717, 1.165) is 49.8 Å². The van der Waals surface area contributed by atoms with Crippen molar-refractivity contribution in [1.82, 2.24) is 0 Å². The minimum Gasteiger partial charge on any atom is -0.326 e. The Morgan fingerprint density at radius 3 is 2.61 bits per heavy atom. The summed E-state index contributed by atoms with van der Waals surface area (Å²) in [7, 11) is 0. The first-order valence-electron chi connectivity index (χ1n) is 11.9. The Labute approximate surface area is 186 Å². The van der Waals surface area contributed by atoms with Crippen LogP contribution in [0.15, 0.2) is 48.5 Å². The smallest absolute Gasteiger partial charge is 0.227 e. The highest BCUT2D eigenvalue weighted by molar-refractivity contribution is 5.92. The number of allylic oxidation sites excluding steroid dienone is 2. The van der Waals surface area contributed by atoms with Gasteiger partial charge in [-0.3, -0.25) is 4.79 Å². The van der Waals surface area contributed by atoms with Crippen LogP contribution < -0.4 is 5.32 Å². The molecule has 0 aromatic heterocycles. The molecular formula is C28H34FNO. The number of amides is 1. The molecule has 1 amide bonds. The first-order valence-corrected chi connectivity index (χ1v) is 11.9. The number of halogens is 1. The molecule has 0 saturated heterocycles. The molecule has 0 radical (unpaired) electrons. The summed E-state index contributed by atoms with van der Waals surface area (Å²) in [5, 5.41) is 3.15. The normalized spacial score (nSPS) is 29.6. The Morgan fingerprint density at radius 1 is 1.03 bits per heavy atom. The van der Waals surface area contributed by atoms with Gasteiger partial charge in [0.15, 0.2) is 0 Å². The predicted molar refractivity (Wildman–Crippen MR) is 126 cm³/mol. The van der Waals surface area contributed by atoms with E-state index >= 15 is 0 Å². The third-order valence-electron chi connectivity index (χ3n) is 7.88. The number of fused-ring (bicyclic) bond motifs is 3. The summed E-state index contributed by atoms with van der Waals surface area (Å²) in [6, 6.07) is 13.4.